The molecule has 1 aliphatic carbocycles. The molecule has 1 N–H and O–H groups in total. The molecule has 1 saturated carbocycles. The van der Waals surface area contributed by atoms with Gasteiger partial charge in [0.05, 0.1) is 11.6 Å². The summed E-state index contributed by atoms with van der Waals surface area (Å²) >= 11 is 0. The highest BCUT2D eigenvalue weighted by Crippen LogP contribution is 2.51. The Labute approximate surface area is 143 Å². The lowest BCUT2D eigenvalue weighted by Crippen LogP contribution is -2.37. The zero-order valence-electron chi connectivity index (χ0n) is 13.1. The minimum Gasteiger partial charge on any atom is -0.343 e. The average molecular weight is 377 g/mol. The Kier molecular flexibility index (Phi) is 3.67. The van der Waals surface area contributed by atoms with Crippen LogP contribution in [0.4, 0.5) is 32.2 Å². The van der Waals surface area contributed by atoms with E-state index in [0.717, 1.165) is 6.42 Å². The first-order chi connectivity index (χ1) is 12.1. The third-order valence-corrected chi connectivity index (χ3v) is 4.99. The number of pyridine rings is 1. The van der Waals surface area contributed by atoms with Crippen molar-refractivity contribution in [1.82, 2.24) is 20.2 Å². The van der Waals surface area contributed by atoms with E-state index in [9.17, 15) is 26.3 Å². The molecule has 3 heterocycles. The fourth-order valence-corrected chi connectivity index (χ4v) is 3.98. The number of hydrogen-bond acceptors (Lipinski definition) is 4. The van der Waals surface area contributed by atoms with Crippen molar-refractivity contribution in [1.29, 1.82) is 0 Å². The molecule has 4 rings (SSSR count). The molecule has 140 valence electrons. The fourth-order valence-electron chi connectivity index (χ4n) is 3.98. The molecule has 1 saturated heterocycles. The number of anilines is 1. The maximum absolute atomic E-state index is 13.1. The number of piperidine rings is 1. The molecule has 3 atom stereocenters. The van der Waals surface area contributed by atoms with Crippen molar-refractivity contribution in [3.8, 4) is 0 Å². The van der Waals surface area contributed by atoms with E-state index in [0.29, 0.717) is 24.7 Å². The van der Waals surface area contributed by atoms with Crippen LogP contribution in [0.2, 0.25) is 0 Å². The number of halogens is 6. The molecular formula is C15H13F6N5. The van der Waals surface area contributed by atoms with Crippen LogP contribution >= 0.6 is 0 Å². The van der Waals surface area contributed by atoms with Gasteiger partial charge in [0.15, 0.2) is 0 Å². The highest BCUT2D eigenvalue weighted by molar-refractivity contribution is 5.49. The highest BCUT2D eigenvalue weighted by Gasteiger charge is 2.49. The highest BCUT2D eigenvalue weighted by atomic mass is 19.4. The monoisotopic (exact) mass is 377 g/mol. The number of nitrogens with one attached hydrogen (secondary N) is 1. The van der Waals surface area contributed by atoms with Gasteiger partial charge in [-0.3, -0.25) is 5.10 Å². The molecule has 1 aliphatic heterocycles. The van der Waals surface area contributed by atoms with Crippen molar-refractivity contribution in [3.05, 3.63) is 35.5 Å². The second kappa shape index (κ2) is 5.58. The second-order valence-electron chi connectivity index (χ2n) is 6.54. The van der Waals surface area contributed by atoms with Crippen LogP contribution in [0.25, 0.3) is 0 Å². The zero-order valence-corrected chi connectivity index (χ0v) is 13.1. The second-order valence-corrected chi connectivity index (χ2v) is 6.54. The summed E-state index contributed by atoms with van der Waals surface area (Å²) in [7, 11) is 0. The van der Waals surface area contributed by atoms with E-state index in [1.54, 1.807) is 0 Å². The van der Waals surface area contributed by atoms with E-state index in [2.05, 4.69) is 20.2 Å². The quantitative estimate of drug-likeness (QED) is 0.805. The summed E-state index contributed by atoms with van der Waals surface area (Å²) in [4.78, 5) is 9.10. The standard InChI is InChI=1S/C15H13F6N5/c16-14(17,18)8-4-10(15(19,20)21)24-11(5-8)26-9-2-1-7(3-9)12(26)13-22-6-23-25-13/h4-7,9,12H,1-3H2,(H,22,23,25)/t7?,9?,12-/m0/s1. The number of nitrogens with zero attached hydrogens (tertiary/aromatic N) is 4. The molecule has 2 aliphatic rings. The largest absolute Gasteiger partial charge is 0.433 e. The lowest BCUT2D eigenvalue weighted by Gasteiger charge is -2.35. The van der Waals surface area contributed by atoms with E-state index >= 15 is 0 Å². The maximum atomic E-state index is 13.1. The van der Waals surface area contributed by atoms with E-state index in [4.69, 9.17) is 0 Å². The van der Waals surface area contributed by atoms with Crippen LogP contribution in [0.5, 0.6) is 0 Å². The first-order valence-corrected chi connectivity index (χ1v) is 7.94. The molecule has 2 bridgehead atoms. The Balaban J connectivity index is 1.83. The summed E-state index contributed by atoms with van der Waals surface area (Å²) in [5, 5.41) is 6.43. The summed E-state index contributed by atoms with van der Waals surface area (Å²) in [5.41, 5.74) is -2.92. The third kappa shape index (κ3) is 2.78. The Morgan fingerprint density at radius 2 is 1.81 bits per heavy atom. The van der Waals surface area contributed by atoms with Crippen molar-refractivity contribution >= 4 is 5.82 Å². The summed E-state index contributed by atoms with van der Waals surface area (Å²) < 4.78 is 78.7. The molecule has 0 amide bonds. The molecule has 11 heteroatoms. The summed E-state index contributed by atoms with van der Waals surface area (Å²) in [6, 6.07) is 0.0844. The van der Waals surface area contributed by atoms with Gasteiger partial charge < -0.3 is 4.90 Å². The van der Waals surface area contributed by atoms with Gasteiger partial charge in [0, 0.05) is 6.04 Å². The molecule has 0 aromatic carbocycles. The number of alkyl halides is 6. The number of aromatic nitrogens is 4. The number of H-pyrrole nitrogens is 1. The van der Waals surface area contributed by atoms with Gasteiger partial charge in [0.1, 0.15) is 23.7 Å². The predicted octanol–water partition coefficient (Wildman–Crippen LogP) is 3.97. The number of fused-ring (bicyclic) bond motifs is 2. The van der Waals surface area contributed by atoms with Crippen LogP contribution in [0.3, 0.4) is 0 Å². The Hall–Kier alpha value is -2.33. The summed E-state index contributed by atoms with van der Waals surface area (Å²) in [5.74, 6) is 0.171. The molecule has 26 heavy (non-hydrogen) atoms. The molecule has 2 unspecified atom stereocenters. The lowest BCUT2D eigenvalue weighted by atomic mass is 9.98. The molecule has 5 nitrogen and oxygen atoms in total. The smallest absolute Gasteiger partial charge is 0.343 e. The number of hydrogen-bond donors (Lipinski definition) is 1. The van der Waals surface area contributed by atoms with Crippen LogP contribution in [0, 0.1) is 5.92 Å². The SMILES string of the molecule is FC(F)(F)c1cc(N2C3CCC(C3)[C@H]2c2ncn[nH]2)nc(C(F)(F)F)c1. The summed E-state index contributed by atoms with van der Waals surface area (Å²) in [6.07, 6.45) is -6.42. The van der Waals surface area contributed by atoms with E-state index in [1.165, 1.54) is 11.2 Å². The number of rotatable bonds is 2. The zero-order chi connectivity index (χ0) is 18.7. The van der Waals surface area contributed by atoms with Gasteiger partial charge in [0.2, 0.25) is 0 Å². The molecule has 0 radical (unpaired) electrons. The molecule has 0 spiro atoms. The van der Waals surface area contributed by atoms with Crippen LogP contribution in [0.15, 0.2) is 18.5 Å². The minimum absolute atomic E-state index is 0.0429. The topological polar surface area (TPSA) is 57.7 Å². The molecule has 2 fully saturated rings. The van der Waals surface area contributed by atoms with E-state index < -0.39 is 29.7 Å². The van der Waals surface area contributed by atoms with E-state index in [1.807, 2.05) is 0 Å². The van der Waals surface area contributed by atoms with Crippen molar-refractivity contribution in [2.75, 3.05) is 4.90 Å². The average Bonchev–Trinajstić information content (AvgIpc) is 3.28. The minimum atomic E-state index is -4.98. The predicted molar refractivity (Wildman–Crippen MR) is 77.0 cm³/mol. The third-order valence-electron chi connectivity index (χ3n) is 4.99. The molecule has 2 aromatic rings. The number of aromatic amines is 1. The van der Waals surface area contributed by atoms with E-state index in [-0.39, 0.29) is 23.8 Å². The van der Waals surface area contributed by atoms with Gasteiger partial charge in [0.25, 0.3) is 0 Å². The van der Waals surface area contributed by atoms with Gasteiger partial charge in [-0.25, -0.2) is 9.97 Å². The Morgan fingerprint density at radius 1 is 1.04 bits per heavy atom. The van der Waals surface area contributed by atoms with Crippen molar-refractivity contribution < 1.29 is 26.3 Å². The fraction of sp³-hybridized carbons (Fsp3) is 0.533. The lowest BCUT2D eigenvalue weighted by molar-refractivity contribution is -0.145. The molecular weight excluding hydrogens is 364 g/mol. The van der Waals surface area contributed by atoms with Gasteiger partial charge >= 0.3 is 12.4 Å². The summed E-state index contributed by atoms with van der Waals surface area (Å²) in [6.45, 7) is 0. The van der Waals surface area contributed by atoms with Crippen LogP contribution < -0.4 is 4.90 Å². The van der Waals surface area contributed by atoms with Crippen LogP contribution in [0.1, 0.15) is 42.4 Å². The van der Waals surface area contributed by atoms with Gasteiger partial charge in [-0.2, -0.15) is 31.4 Å². The maximum Gasteiger partial charge on any atom is 0.433 e. The Morgan fingerprint density at radius 3 is 2.42 bits per heavy atom. The first-order valence-electron chi connectivity index (χ1n) is 7.94. The van der Waals surface area contributed by atoms with Crippen LogP contribution in [-0.4, -0.2) is 26.2 Å². The van der Waals surface area contributed by atoms with Crippen molar-refractivity contribution in [3.63, 3.8) is 0 Å². The molecule has 2 aromatic heterocycles. The van der Waals surface area contributed by atoms with Gasteiger partial charge in [-0.1, -0.05) is 0 Å². The normalized spacial score (nSPS) is 25.9. The van der Waals surface area contributed by atoms with Gasteiger partial charge in [-0.05, 0) is 37.3 Å². The first kappa shape index (κ1) is 17.1. The van der Waals surface area contributed by atoms with Crippen molar-refractivity contribution in [2.45, 2.75) is 43.7 Å². The Bertz CT molecular complexity index is 768. The van der Waals surface area contributed by atoms with Gasteiger partial charge in [-0.15, -0.1) is 0 Å². The van der Waals surface area contributed by atoms with Crippen molar-refractivity contribution in [2.24, 2.45) is 5.92 Å². The van der Waals surface area contributed by atoms with Crippen LogP contribution in [-0.2, 0) is 12.4 Å².